The number of hydrogen-bond acceptors (Lipinski definition) is 5. The second-order valence-corrected chi connectivity index (χ2v) is 7.29. The molecule has 25 heavy (non-hydrogen) atoms. The van der Waals surface area contributed by atoms with Gasteiger partial charge in [0, 0.05) is 30.2 Å². The van der Waals surface area contributed by atoms with E-state index in [-0.39, 0.29) is 11.7 Å². The van der Waals surface area contributed by atoms with E-state index in [0.29, 0.717) is 16.8 Å². The number of hydrogen-bond donors (Lipinski definition) is 1. The number of nitro groups is 1. The fourth-order valence-electron chi connectivity index (χ4n) is 4.77. The van der Waals surface area contributed by atoms with Crippen LogP contribution in [0.3, 0.4) is 0 Å². The van der Waals surface area contributed by atoms with Crippen molar-refractivity contribution in [3.05, 3.63) is 46.1 Å². The molecular formula is C19H23N3O3. The Labute approximate surface area is 146 Å². The lowest BCUT2D eigenvalue weighted by atomic mass is 9.72. The Morgan fingerprint density at radius 3 is 2.96 bits per heavy atom. The van der Waals surface area contributed by atoms with Crippen LogP contribution in [0.15, 0.2) is 30.5 Å². The van der Waals surface area contributed by atoms with Gasteiger partial charge in [-0.15, -0.1) is 0 Å². The molecule has 1 aromatic carbocycles. The van der Waals surface area contributed by atoms with Gasteiger partial charge in [0.25, 0.3) is 5.69 Å². The van der Waals surface area contributed by atoms with Crippen LogP contribution in [0.1, 0.15) is 37.9 Å². The van der Waals surface area contributed by atoms with Crippen molar-refractivity contribution in [3.63, 3.8) is 0 Å². The van der Waals surface area contributed by atoms with Gasteiger partial charge in [-0.25, -0.2) is 4.98 Å². The Morgan fingerprint density at radius 1 is 1.44 bits per heavy atom. The molecule has 0 spiro atoms. The van der Waals surface area contributed by atoms with E-state index >= 15 is 0 Å². The minimum absolute atomic E-state index is 0.0110. The molecule has 2 bridgehead atoms. The average Bonchev–Trinajstić information content (AvgIpc) is 2.66. The summed E-state index contributed by atoms with van der Waals surface area (Å²) >= 11 is 0. The first-order valence-corrected chi connectivity index (χ1v) is 9.04. The number of non-ortho nitro benzene ring substituents is 1. The summed E-state index contributed by atoms with van der Waals surface area (Å²) in [6, 6.07) is 6.84. The minimum Gasteiger partial charge on any atom is -0.387 e. The van der Waals surface area contributed by atoms with E-state index in [4.69, 9.17) is 0 Å². The van der Waals surface area contributed by atoms with Gasteiger partial charge in [0.05, 0.1) is 11.0 Å². The number of aromatic nitrogens is 1. The SMILES string of the molecule is CC[C@H]1CN2CC[C@H]1C[C@H]2[C@H](O)c1ccnc2c([N+](=O)[O-])cccc12. The van der Waals surface area contributed by atoms with Gasteiger partial charge >= 0.3 is 0 Å². The van der Waals surface area contributed by atoms with Crippen molar-refractivity contribution in [2.75, 3.05) is 13.1 Å². The maximum absolute atomic E-state index is 11.3. The highest BCUT2D eigenvalue weighted by molar-refractivity contribution is 5.89. The van der Waals surface area contributed by atoms with E-state index in [0.717, 1.165) is 31.0 Å². The molecule has 0 amide bonds. The van der Waals surface area contributed by atoms with Crippen molar-refractivity contribution in [2.24, 2.45) is 11.8 Å². The predicted molar refractivity (Wildman–Crippen MR) is 95.2 cm³/mol. The topological polar surface area (TPSA) is 79.5 Å². The Balaban J connectivity index is 1.71. The predicted octanol–water partition coefficient (Wildman–Crippen LogP) is 3.30. The van der Waals surface area contributed by atoms with Crippen LogP contribution in [0.5, 0.6) is 0 Å². The van der Waals surface area contributed by atoms with E-state index in [9.17, 15) is 15.2 Å². The van der Waals surface area contributed by atoms with Gasteiger partial charge in [0.15, 0.2) is 0 Å². The second-order valence-electron chi connectivity index (χ2n) is 7.29. The third-order valence-electron chi connectivity index (χ3n) is 6.12. The molecule has 5 atom stereocenters. The van der Waals surface area contributed by atoms with E-state index < -0.39 is 11.0 Å². The maximum atomic E-state index is 11.3. The number of rotatable bonds is 4. The van der Waals surface area contributed by atoms with Crippen LogP contribution < -0.4 is 0 Å². The minimum atomic E-state index is -0.645. The maximum Gasteiger partial charge on any atom is 0.295 e. The molecule has 5 rings (SSSR count). The molecule has 0 radical (unpaired) electrons. The Bertz CT molecular complexity index is 810. The van der Waals surface area contributed by atoms with Crippen LogP contribution in [0.2, 0.25) is 0 Å². The summed E-state index contributed by atoms with van der Waals surface area (Å²) in [5, 5.41) is 23.1. The first kappa shape index (κ1) is 16.4. The number of pyridine rings is 1. The van der Waals surface area contributed by atoms with Gasteiger partial charge in [-0.3, -0.25) is 15.0 Å². The fraction of sp³-hybridized carbons (Fsp3) is 0.526. The number of benzene rings is 1. The zero-order valence-electron chi connectivity index (χ0n) is 14.3. The van der Waals surface area contributed by atoms with Crippen LogP contribution in [-0.2, 0) is 0 Å². The van der Waals surface area contributed by atoms with Gasteiger partial charge in [-0.1, -0.05) is 25.5 Å². The number of para-hydroxylation sites is 1. The molecule has 0 saturated carbocycles. The highest BCUT2D eigenvalue weighted by atomic mass is 16.6. The molecule has 3 saturated heterocycles. The zero-order chi connectivity index (χ0) is 17.6. The summed E-state index contributed by atoms with van der Waals surface area (Å²) in [6.07, 6.45) is 4.32. The molecule has 0 aliphatic carbocycles. The van der Waals surface area contributed by atoms with Crippen molar-refractivity contribution < 1.29 is 10.0 Å². The zero-order valence-corrected chi connectivity index (χ0v) is 14.3. The van der Waals surface area contributed by atoms with Crippen molar-refractivity contribution in [3.8, 4) is 0 Å². The van der Waals surface area contributed by atoms with E-state index in [1.807, 2.05) is 6.07 Å². The highest BCUT2D eigenvalue weighted by Gasteiger charge is 2.42. The molecule has 3 fully saturated rings. The molecule has 1 aromatic heterocycles. The van der Waals surface area contributed by atoms with E-state index in [1.54, 1.807) is 18.3 Å². The summed E-state index contributed by atoms with van der Waals surface area (Å²) in [7, 11) is 0. The van der Waals surface area contributed by atoms with Gasteiger partial charge in [0.1, 0.15) is 5.52 Å². The van der Waals surface area contributed by atoms with Crippen LogP contribution >= 0.6 is 0 Å². The van der Waals surface area contributed by atoms with Crippen LogP contribution in [0.4, 0.5) is 5.69 Å². The summed E-state index contributed by atoms with van der Waals surface area (Å²) in [5.74, 6) is 1.41. The Hall–Kier alpha value is -2.05. The molecule has 6 nitrogen and oxygen atoms in total. The quantitative estimate of drug-likeness (QED) is 0.682. The van der Waals surface area contributed by atoms with Crippen molar-refractivity contribution in [1.82, 2.24) is 9.88 Å². The number of aliphatic hydroxyl groups is 1. The lowest BCUT2D eigenvalue weighted by Gasteiger charge is -2.51. The molecule has 2 aromatic rings. The fourth-order valence-corrected chi connectivity index (χ4v) is 4.77. The largest absolute Gasteiger partial charge is 0.387 e. The lowest BCUT2D eigenvalue weighted by molar-refractivity contribution is -0.383. The molecule has 1 N–H and O–H groups in total. The molecule has 6 heteroatoms. The highest BCUT2D eigenvalue weighted by Crippen LogP contribution is 2.42. The number of nitrogens with zero attached hydrogens (tertiary/aromatic N) is 3. The standard InChI is InChI=1S/C19H23N3O3/c1-2-12-11-21-9-7-13(12)10-17(21)19(23)15-6-8-20-18-14(15)4-3-5-16(18)22(24)25/h3-6,8,12-13,17,19,23H,2,7,9-11H2,1H3/t12-,13-,17-,19+/m0/s1. The number of nitro benzene ring substituents is 1. The van der Waals surface area contributed by atoms with Crippen LogP contribution in [0.25, 0.3) is 10.9 Å². The molecule has 3 aliphatic heterocycles. The van der Waals surface area contributed by atoms with Gasteiger partial charge in [0.2, 0.25) is 0 Å². The number of piperidine rings is 3. The number of fused-ring (bicyclic) bond motifs is 4. The molecule has 132 valence electrons. The van der Waals surface area contributed by atoms with Gasteiger partial charge in [-0.05, 0) is 42.9 Å². The van der Waals surface area contributed by atoms with Crippen molar-refractivity contribution in [1.29, 1.82) is 0 Å². The Kier molecular flexibility index (Phi) is 4.17. The first-order valence-electron chi connectivity index (χ1n) is 9.04. The molecule has 1 unspecified atom stereocenters. The summed E-state index contributed by atoms with van der Waals surface area (Å²) in [5.41, 5.74) is 1.09. The van der Waals surface area contributed by atoms with Crippen LogP contribution in [-0.4, -0.2) is 39.0 Å². The monoisotopic (exact) mass is 341 g/mol. The van der Waals surface area contributed by atoms with E-state index in [2.05, 4.69) is 16.8 Å². The third kappa shape index (κ3) is 2.69. The second kappa shape index (κ2) is 6.35. The molecule has 3 aliphatic rings. The first-order chi connectivity index (χ1) is 12.1. The van der Waals surface area contributed by atoms with Gasteiger partial charge < -0.3 is 5.11 Å². The van der Waals surface area contributed by atoms with Crippen LogP contribution in [0, 0.1) is 22.0 Å². The average molecular weight is 341 g/mol. The van der Waals surface area contributed by atoms with E-state index in [1.165, 1.54) is 18.9 Å². The summed E-state index contributed by atoms with van der Waals surface area (Å²) in [6.45, 7) is 4.32. The molecule has 4 heterocycles. The summed E-state index contributed by atoms with van der Waals surface area (Å²) < 4.78 is 0. The molecular weight excluding hydrogens is 318 g/mol. The third-order valence-corrected chi connectivity index (χ3v) is 6.12. The normalized spacial score (nSPS) is 29.7. The Morgan fingerprint density at radius 2 is 2.28 bits per heavy atom. The van der Waals surface area contributed by atoms with Gasteiger partial charge in [-0.2, -0.15) is 0 Å². The van der Waals surface area contributed by atoms with Crippen molar-refractivity contribution in [2.45, 2.75) is 38.3 Å². The number of aliphatic hydroxyl groups excluding tert-OH is 1. The summed E-state index contributed by atoms with van der Waals surface area (Å²) in [4.78, 5) is 17.5. The lowest BCUT2D eigenvalue weighted by Crippen LogP contribution is -2.55. The smallest absolute Gasteiger partial charge is 0.295 e. The van der Waals surface area contributed by atoms with Crippen molar-refractivity contribution >= 4 is 16.6 Å².